The number of pyridine rings is 1. The van der Waals surface area contributed by atoms with Gasteiger partial charge in [0.05, 0.1) is 18.7 Å². The molecule has 3 heterocycles. The normalized spacial score (nSPS) is 16.2. The third-order valence-electron chi connectivity index (χ3n) is 3.64. The monoisotopic (exact) mass is 288 g/mol. The summed E-state index contributed by atoms with van der Waals surface area (Å²) in [4.78, 5) is 14.4. The van der Waals surface area contributed by atoms with Crippen LogP contribution >= 0.6 is 0 Å². The molecule has 0 unspecified atom stereocenters. The minimum atomic E-state index is -0.110. The number of fused-ring (bicyclic) bond motifs is 1. The molecule has 2 aromatic heterocycles. The summed E-state index contributed by atoms with van der Waals surface area (Å²) < 4.78 is 7.02. The number of morpholine rings is 1. The Bertz CT molecular complexity index is 571. The smallest absolute Gasteiger partial charge is 0.271 e. The molecule has 1 saturated heterocycles. The van der Waals surface area contributed by atoms with Crippen LogP contribution in [0.25, 0.3) is 5.52 Å². The van der Waals surface area contributed by atoms with Crippen molar-refractivity contribution in [1.82, 2.24) is 19.8 Å². The van der Waals surface area contributed by atoms with Crippen LogP contribution in [0.5, 0.6) is 0 Å². The first kappa shape index (κ1) is 14.0. The molecule has 0 spiro atoms. The zero-order valence-electron chi connectivity index (χ0n) is 12.0. The van der Waals surface area contributed by atoms with Crippen molar-refractivity contribution in [3.8, 4) is 0 Å². The molecule has 112 valence electrons. The Kier molecular flexibility index (Phi) is 4.47. The maximum Gasteiger partial charge on any atom is 0.271 e. The largest absolute Gasteiger partial charge is 0.379 e. The fourth-order valence-electron chi connectivity index (χ4n) is 2.47. The van der Waals surface area contributed by atoms with Crippen LogP contribution in [0.3, 0.4) is 0 Å². The van der Waals surface area contributed by atoms with Crippen LogP contribution in [0.15, 0.2) is 30.5 Å². The van der Waals surface area contributed by atoms with Gasteiger partial charge in [0.15, 0.2) is 5.69 Å². The van der Waals surface area contributed by atoms with Gasteiger partial charge in [-0.2, -0.15) is 5.10 Å². The zero-order chi connectivity index (χ0) is 14.5. The van der Waals surface area contributed by atoms with Gasteiger partial charge < -0.3 is 10.1 Å². The third-order valence-corrected chi connectivity index (χ3v) is 3.64. The molecule has 1 amide bonds. The molecule has 2 aromatic rings. The molecule has 21 heavy (non-hydrogen) atoms. The molecule has 0 atom stereocenters. The van der Waals surface area contributed by atoms with E-state index in [1.54, 1.807) is 10.6 Å². The summed E-state index contributed by atoms with van der Waals surface area (Å²) in [5, 5.41) is 7.19. The molecule has 1 aliphatic rings. The summed E-state index contributed by atoms with van der Waals surface area (Å²) in [6.07, 6.45) is 2.78. The summed E-state index contributed by atoms with van der Waals surface area (Å²) in [6, 6.07) is 7.56. The Morgan fingerprint density at radius 3 is 3.00 bits per heavy atom. The van der Waals surface area contributed by atoms with Crippen LogP contribution in [0.1, 0.15) is 16.9 Å². The van der Waals surface area contributed by atoms with E-state index in [1.807, 2.05) is 24.4 Å². The van der Waals surface area contributed by atoms with Gasteiger partial charge in [0.25, 0.3) is 5.91 Å². The topological polar surface area (TPSA) is 58.9 Å². The lowest BCUT2D eigenvalue weighted by atomic mass is 10.3. The molecule has 6 heteroatoms. The SMILES string of the molecule is O=C(NCCCN1CCOCC1)c1cc2ccccn2n1. The molecule has 3 rings (SSSR count). The highest BCUT2D eigenvalue weighted by molar-refractivity contribution is 5.93. The zero-order valence-corrected chi connectivity index (χ0v) is 12.0. The Labute approximate surface area is 123 Å². The van der Waals surface area contributed by atoms with Gasteiger partial charge in [-0.25, -0.2) is 4.52 Å². The fraction of sp³-hybridized carbons (Fsp3) is 0.467. The van der Waals surface area contributed by atoms with Crippen LogP contribution in [-0.4, -0.2) is 59.8 Å². The molecule has 0 radical (unpaired) electrons. The molecule has 1 N–H and O–H groups in total. The summed E-state index contributed by atoms with van der Waals surface area (Å²) in [7, 11) is 0. The van der Waals surface area contributed by atoms with Crippen molar-refractivity contribution in [2.45, 2.75) is 6.42 Å². The van der Waals surface area contributed by atoms with E-state index >= 15 is 0 Å². The first-order valence-corrected chi connectivity index (χ1v) is 7.36. The van der Waals surface area contributed by atoms with Gasteiger partial charge in [0, 0.05) is 25.8 Å². The Morgan fingerprint density at radius 2 is 2.19 bits per heavy atom. The Hall–Kier alpha value is -1.92. The maximum atomic E-state index is 12.0. The minimum Gasteiger partial charge on any atom is -0.379 e. The van der Waals surface area contributed by atoms with Crippen molar-refractivity contribution in [3.63, 3.8) is 0 Å². The predicted octanol–water partition coefficient (Wildman–Crippen LogP) is 0.786. The van der Waals surface area contributed by atoms with E-state index in [0.717, 1.165) is 44.8 Å². The average molecular weight is 288 g/mol. The molecule has 1 fully saturated rings. The number of nitrogens with one attached hydrogen (secondary N) is 1. The van der Waals surface area contributed by atoms with Gasteiger partial charge in [-0.15, -0.1) is 0 Å². The molecule has 0 bridgehead atoms. The lowest BCUT2D eigenvalue weighted by Gasteiger charge is -2.26. The van der Waals surface area contributed by atoms with Gasteiger partial charge in [0.1, 0.15) is 0 Å². The second kappa shape index (κ2) is 6.69. The van der Waals surface area contributed by atoms with E-state index in [9.17, 15) is 4.79 Å². The summed E-state index contributed by atoms with van der Waals surface area (Å²) in [5.74, 6) is -0.110. The van der Waals surface area contributed by atoms with Crippen molar-refractivity contribution in [2.24, 2.45) is 0 Å². The van der Waals surface area contributed by atoms with Gasteiger partial charge in [-0.3, -0.25) is 9.69 Å². The summed E-state index contributed by atoms with van der Waals surface area (Å²) >= 11 is 0. The van der Waals surface area contributed by atoms with Gasteiger partial charge in [0.2, 0.25) is 0 Å². The van der Waals surface area contributed by atoms with E-state index in [1.165, 1.54) is 0 Å². The van der Waals surface area contributed by atoms with E-state index in [-0.39, 0.29) is 5.91 Å². The number of nitrogens with zero attached hydrogens (tertiary/aromatic N) is 3. The number of carbonyl (C=O) groups is 1. The van der Waals surface area contributed by atoms with Crippen molar-refractivity contribution in [3.05, 3.63) is 36.2 Å². The summed E-state index contributed by atoms with van der Waals surface area (Å²) in [5.41, 5.74) is 1.39. The number of hydrogen-bond acceptors (Lipinski definition) is 4. The minimum absolute atomic E-state index is 0.110. The second-order valence-corrected chi connectivity index (χ2v) is 5.16. The number of aromatic nitrogens is 2. The number of carbonyl (C=O) groups excluding carboxylic acids is 1. The van der Waals surface area contributed by atoms with Crippen molar-refractivity contribution < 1.29 is 9.53 Å². The predicted molar refractivity (Wildman–Crippen MR) is 79.4 cm³/mol. The molecule has 6 nitrogen and oxygen atoms in total. The Morgan fingerprint density at radius 1 is 1.33 bits per heavy atom. The van der Waals surface area contributed by atoms with Crippen molar-refractivity contribution >= 4 is 11.4 Å². The van der Waals surface area contributed by atoms with Crippen LogP contribution < -0.4 is 5.32 Å². The fourth-order valence-corrected chi connectivity index (χ4v) is 2.47. The number of hydrogen-bond donors (Lipinski definition) is 1. The molecule has 0 aromatic carbocycles. The van der Waals surface area contributed by atoms with Gasteiger partial charge >= 0.3 is 0 Å². The van der Waals surface area contributed by atoms with Crippen LogP contribution in [0, 0.1) is 0 Å². The van der Waals surface area contributed by atoms with Crippen molar-refractivity contribution in [1.29, 1.82) is 0 Å². The van der Waals surface area contributed by atoms with Crippen LogP contribution in [-0.2, 0) is 4.74 Å². The quantitative estimate of drug-likeness (QED) is 0.826. The average Bonchev–Trinajstić information content (AvgIpc) is 2.96. The van der Waals surface area contributed by atoms with E-state index < -0.39 is 0 Å². The number of rotatable bonds is 5. The van der Waals surface area contributed by atoms with Gasteiger partial charge in [-0.05, 0) is 31.2 Å². The third kappa shape index (κ3) is 3.59. The highest BCUT2D eigenvalue weighted by Crippen LogP contribution is 2.05. The molecule has 1 aliphatic heterocycles. The van der Waals surface area contributed by atoms with E-state index in [0.29, 0.717) is 12.2 Å². The first-order valence-electron chi connectivity index (χ1n) is 7.36. The lowest BCUT2D eigenvalue weighted by Crippen LogP contribution is -2.38. The maximum absolute atomic E-state index is 12.0. The highest BCUT2D eigenvalue weighted by Gasteiger charge is 2.11. The molecular weight excluding hydrogens is 268 g/mol. The van der Waals surface area contributed by atoms with E-state index in [2.05, 4.69) is 15.3 Å². The summed E-state index contributed by atoms with van der Waals surface area (Å²) in [6.45, 7) is 5.26. The van der Waals surface area contributed by atoms with Crippen LogP contribution in [0.4, 0.5) is 0 Å². The van der Waals surface area contributed by atoms with E-state index in [4.69, 9.17) is 4.74 Å². The molecule has 0 aliphatic carbocycles. The second-order valence-electron chi connectivity index (χ2n) is 5.16. The molecule has 0 saturated carbocycles. The number of amides is 1. The number of ether oxygens (including phenoxy) is 1. The Balaban J connectivity index is 1.45. The first-order chi connectivity index (χ1) is 10.3. The standard InChI is InChI=1S/C15H20N4O2/c20-15(14-12-13-4-1-2-7-19(13)17-14)16-5-3-6-18-8-10-21-11-9-18/h1-2,4,7,12H,3,5-6,8-11H2,(H,16,20). The van der Waals surface area contributed by atoms with Crippen molar-refractivity contribution in [2.75, 3.05) is 39.4 Å². The van der Waals surface area contributed by atoms with Crippen LogP contribution in [0.2, 0.25) is 0 Å². The lowest BCUT2D eigenvalue weighted by molar-refractivity contribution is 0.0374. The van der Waals surface area contributed by atoms with Gasteiger partial charge in [-0.1, -0.05) is 6.07 Å². The molecular formula is C15H20N4O2. The highest BCUT2D eigenvalue weighted by atomic mass is 16.5.